The van der Waals surface area contributed by atoms with Crippen LogP contribution in [0.25, 0.3) is 0 Å². The zero-order valence-electron chi connectivity index (χ0n) is 6.33. The minimum Gasteiger partial charge on any atom is -0.121 e. The molecule has 0 saturated heterocycles. The summed E-state index contributed by atoms with van der Waals surface area (Å²) in [5.74, 6) is 0.285. The molecule has 0 nitrogen and oxygen atoms in total. The summed E-state index contributed by atoms with van der Waals surface area (Å²) in [5.41, 5.74) is 1.32. The molecule has 0 radical (unpaired) electrons. The lowest BCUT2D eigenvalue weighted by molar-refractivity contribution is 1.29. The van der Waals surface area contributed by atoms with E-state index < -0.39 is 4.84 Å². The first-order chi connectivity index (χ1) is 6.06. The van der Waals surface area contributed by atoms with E-state index >= 15 is 0 Å². The summed E-state index contributed by atoms with van der Waals surface area (Å²) in [6, 6.07) is 3.32. The van der Waals surface area contributed by atoms with Gasteiger partial charge in [0.15, 0.2) is 0 Å². The van der Waals surface area contributed by atoms with Gasteiger partial charge in [-0.15, -0.1) is 34.8 Å². The molecule has 0 aliphatic rings. The molecule has 0 saturated carbocycles. The van der Waals surface area contributed by atoms with Gasteiger partial charge in [-0.1, -0.05) is 23.2 Å². The fourth-order valence-electron chi connectivity index (χ4n) is 0.925. The van der Waals surface area contributed by atoms with E-state index in [1.807, 2.05) is 0 Å². The number of benzene rings is 1. The second kappa shape index (κ2) is 4.95. The average molecular weight is 278 g/mol. The highest BCUT2D eigenvalue weighted by Gasteiger charge is 2.13. The van der Waals surface area contributed by atoms with Crippen molar-refractivity contribution in [1.82, 2.24) is 0 Å². The number of alkyl halides is 3. The Kier molecular flexibility index (Phi) is 4.47. The summed E-state index contributed by atoms with van der Waals surface area (Å²) in [7, 11) is 0. The van der Waals surface area contributed by atoms with Crippen molar-refractivity contribution in [2.45, 2.75) is 10.7 Å². The Bertz CT molecular complexity index is 308. The maximum absolute atomic E-state index is 5.96. The minimum atomic E-state index is -0.687. The van der Waals surface area contributed by atoms with Crippen LogP contribution in [0.4, 0.5) is 0 Å². The highest BCUT2D eigenvalue weighted by Crippen LogP contribution is 2.35. The van der Waals surface area contributed by atoms with E-state index in [0.717, 1.165) is 5.56 Å². The van der Waals surface area contributed by atoms with Crippen LogP contribution < -0.4 is 0 Å². The standard InChI is InChI=1S/C8H5Cl5/c9-3-4-1-5(10)2-6(7(4)11)8(12)13/h1-2,8H,3H2. The third-order valence-electron chi connectivity index (χ3n) is 1.52. The normalized spacial score (nSPS) is 10.9. The predicted octanol–water partition coefficient (Wildman–Crippen LogP) is 5.21. The van der Waals surface area contributed by atoms with Gasteiger partial charge in [0, 0.05) is 16.5 Å². The second-order valence-electron chi connectivity index (χ2n) is 2.40. The molecule has 0 fully saturated rings. The first kappa shape index (κ1) is 11.7. The molecule has 1 aromatic carbocycles. The summed E-state index contributed by atoms with van der Waals surface area (Å²) < 4.78 is 0. The predicted molar refractivity (Wildman–Crippen MR) is 60.5 cm³/mol. The van der Waals surface area contributed by atoms with Gasteiger partial charge in [0.1, 0.15) is 4.84 Å². The van der Waals surface area contributed by atoms with Crippen molar-refractivity contribution < 1.29 is 0 Å². The Hall–Kier alpha value is 0.670. The second-order valence-corrected chi connectivity index (χ2v) is 4.58. The first-order valence-electron chi connectivity index (χ1n) is 3.38. The highest BCUT2D eigenvalue weighted by molar-refractivity contribution is 6.46. The van der Waals surface area contributed by atoms with E-state index in [4.69, 9.17) is 58.0 Å². The molecule has 13 heavy (non-hydrogen) atoms. The Morgan fingerprint density at radius 3 is 2.23 bits per heavy atom. The van der Waals surface area contributed by atoms with Crippen molar-refractivity contribution >= 4 is 58.0 Å². The van der Waals surface area contributed by atoms with Gasteiger partial charge in [-0.2, -0.15) is 0 Å². The van der Waals surface area contributed by atoms with Crippen molar-refractivity contribution in [3.05, 3.63) is 33.3 Å². The van der Waals surface area contributed by atoms with Crippen LogP contribution in [0.3, 0.4) is 0 Å². The van der Waals surface area contributed by atoms with Crippen LogP contribution >= 0.6 is 58.0 Å². The molecule has 0 amide bonds. The zero-order chi connectivity index (χ0) is 10.0. The smallest absolute Gasteiger partial charge is 0.121 e. The first-order valence-corrected chi connectivity index (χ1v) is 5.54. The molecule has 0 atom stereocenters. The van der Waals surface area contributed by atoms with Crippen LogP contribution in [0, 0.1) is 0 Å². The Labute approximate surface area is 102 Å². The van der Waals surface area contributed by atoms with Crippen LogP contribution in [0.15, 0.2) is 12.1 Å². The Balaban J connectivity index is 3.27. The van der Waals surface area contributed by atoms with Crippen LogP contribution in [-0.4, -0.2) is 0 Å². The number of hydrogen-bond acceptors (Lipinski definition) is 0. The Morgan fingerprint density at radius 2 is 1.77 bits per heavy atom. The van der Waals surface area contributed by atoms with Gasteiger partial charge >= 0.3 is 0 Å². The van der Waals surface area contributed by atoms with Crippen molar-refractivity contribution in [3.63, 3.8) is 0 Å². The summed E-state index contributed by atoms with van der Waals surface area (Å²) in [6.45, 7) is 0. The van der Waals surface area contributed by atoms with E-state index in [1.165, 1.54) is 0 Å². The quantitative estimate of drug-likeness (QED) is 0.652. The molecule has 0 bridgehead atoms. The van der Waals surface area contributed by atoms with Gasteiger partial charge in [0.25, 0.3) is 0 Å². The maximum atomic E-state index is 5.96. The largest absolute Gasteiger partial charge is 0.134 e. The van der Waals surface area contributed by atoms with Gasteiger partial charge in [-0.3, -0.25) is 0 Å². The van der Waals surface area contributed by atoms with Crippen LogP contribution in [0.2, 0.25) is 10.0 Å². The summed E-state index contributed by atoms with van der Waals surface area (Å²) in [6.07, 6.45) is 0. The molecule has 1 rings (SSSR count). The lowest BCUT2D eigenvalue weighted by Crippen LogP contribution is -1.89. The van der Waals surface area contributed by atoms with Crippen molar-refractivity contribution in [2.75, 3.05) is 0 Å². The van der Waals surface area contributed by atoms with Crippen molar-refractivity contribution in [3.8, 4) is 0 Å². The number of hydrogen-bond donors (Lipinski definition) is 0. The van der Waals surface area contributed by atoms with E-state index in [-0.39, 0.29) is 5.88 Å². The molecule has 5 heteroatoms. The average Bonchev–Trinajstić information content (AvgIpc) is 2.08. The molecule has 0 N–H and O–H groups in total. The molecule has 0 aliphatic heterocycles. The van der Waals surface area contributed by atoms with Crippen LogP contribution in [-0.2, 0) is 5.88 Å². The molecule has 0 unspecified atom stereocenters. The molecule has 0 heterocycles. The fourth-order valence-corrected chi connectivity index (χ4v) is 2.19. The van der Waals surface area contributed by atoms with E-state index in [1.54, 1.807) is 12.1 Å². The maximum Gasteiger partial charge on any atom is 0.134 e. The summed E-state index contributed by atoms with van der Waals surface area (Å²) >= 11 is 28.8. The van der Waals surface area contributed by atoms with E-state index in [0.29, 0.717) is 15.6 Å². The molecule has 1 aromatic rings. The van der Waals surface area contributed by atoms with Gasteiger partial charge in [0.2, 0.25) is 0 Å². The molecule has 0 aromatic heterocycles. The molecular weight excluding hydrogens is 273 g/mol. The van der Waals surface area contributed by atoms with Crippen molar-refractivity contribution in [2.24, 2.45) is 0 Å². The van der Waals surface area contributed by atoms with Crippen LogP contribution in [0.1, 0.15) is 16.0 Å². The van der Waals surface area contributed by atoms with Gasteiger partial charge in [-0.25, -0.2) is 0 Å². The zero-order valence-corrected chi connectivity index (χ0v) is 10.1. The minimum absolute atomic E-state index is 0.285. The van der Waals surface area contributed by atoms with Crippen molar-refractivity contribution in [1.29, 1.82) is 0 Å². The summed E-state index contributed by atoms with van der Waals surface area (Å²) in [4.78, 5) is -0.687. The molecular formula is C8H5Cl5. The molecule has 0 spiro atoms. The molecule has 72 valence electrons. The highest BCUT2D eigenvalue weighted by atomic mass is 35.5. The summed E-state index contributed by atoms with van der Waals surface area (Å²) in [5, 5.41) is 1.01. The topological polar surface area (TPSA) is 0 Å². The van der Waals surface area contributed by atoms with Gasteiger partial charge < -0.3 is 0 Å². The van der Waals surface area contributed by atoms with Crippen LogP contribution in [0.5, 0.6) is 0 Å². The SMILES string of the molecule is ClCc1cc(Cl)cc(C(Cl)Cl)c1Cl. The third kappa shape index (κ3) is 2.81. The lowest BCUT2D eigenvalue weighted by Gasteiger charge is -2.09. The number of rotatable bonds is 2. The van der Waals surface area contributed by atoms with E-state index in [2.05, 4.69) is 0 Å². The van der Waals surface area contributed by atoms with Gasteiger partial charge in [0.05, 0.1) is 5.02 Å². The fraction of sp³-hybridized carbons (Fsp3) is 0.250. The van der Waals surface area contributed by atoms with Gasteiger partial charge in [-0.05, 0) is 17.7 Å². The lowest BCUT2D eigenvalue weighted by atomic mass is 10.1. The van der Waals surface area contributed by atoms with E-state index in [9.17, 15) is 0 Å². The third-order valence-corrected chi connectivity index (χ3v) is 2.96. The Morgan fingerprint density at radius 1 is 1.15 bits per heavy atom. The molecule has 0 aliphatic carbocycles. The monoisotopic (exact) mass is 276 g/mol. The number of halogens is 5.